The number of rotatable bonds is 4. The van der Waals surface area contributed by atoms with E-state index in [9.17, 15) is 14.4 Å². The number of nitrogens with zero attached hydrogens (tertiary/aromatic N) is 1. The van der Waals surface area contributed by atoms with Crippen LogP contribution < -0.4 is 0 Å². The average Bonchev–Trinajstić information content (AvgIpc) is 2.92. The maximum Gasteiger partial charge on any atom is 0.339 e. The normalized spacial score (nSPS) is 18.8. The summed E-state index contributed by atoms with van der Waals surface area (Å²) < 4.78 is 10.1. The first-order chi connectivity index (χ1) is 11.5. The van der Waals surface area contributed by atoms with Crippen LogP contribution in [0.15, 0.2) is 12.1 Å². The minimum atomic E-state index is -0.543. The SMILES string of the molecule is CCOC(=O)c1cc2c(cc1C(=O)OCC)CN1C(=O)CCC1C2. The molecule has 1 amide bonds. The maximum atomic E-state index is 12.2. The van der Waals surface area contributed by atoms with Crippen LogP contribution in [0.3, 0.4) is 0 Å². The molecule has 0 saturated carbocycles. The number of fused-ring (bicyclic) bond motifs is 2. The number of hydrogen-bond acceptors (Lipinski definition) is 5. The summed E-state index contributed by atoms with van der Waals surface area (Å²) in [5, 5.41) is 0. The van der Waals surface area contributed by atoms with Gasteiger partial charge in [0.05, 0.1) is 24.3 Å². The van der Waals surface area contributed by atoms with Gasteiger partial charge in [0.25, 0.3) is 0 Å². The molecule has 1 aromatic carbocycles. The number of ether oxygens (including phenoxy) is 2. The molecule has 1 saturated heterocycles. The van der Waals surface area contributed by atoms with E-state index >= 15 is 0 Å². The molecule has 24 heavy (non-hydrogen) atoms. The summed E-state index contributed by atoms with van der Waals surface area (Å²) in [7, 11) is 0. The maximum absolute atomic E-state index is 12.2. The third-order valence-corrected chi connectivity index (χ3v) is 4.58. The van der Waals surface area contributed by atoms with Crippen LogP contribution in [0.2, 0.25) is 0 Å². The van der Waals surface area contributed by atoms with Gasteiger partial charge < -0.3 is 14.4 Å². The van der Waals surface area contributed by atoms with Crippen molar-refractivity contribution in [1.29, 1.82) is 0 Å². The lowest BCUT2D eigenvalue weighted by molar-refractivity contribution is -0.129. The van der Waals surface area contributed by atoms with Crippen LogP contribution in [0.1, 0.15) is 58.5 Å². The molecule has 0 aromatic heterocycles. The van der Waals surface area contributed by atoms with Gasteiger partial charge >= 0.3 is 11.9 Å². The van der Waals surface area contributed by atoms with Crippen LogP contribution in [0, 0.1) is 0 Å². The van der Waals surface area contributed by atoms with Crippen molar-refractivity contribution in [2.75, 3.05) is 13.2 Å². The summed E-state index contributed by atoms with van der Waals surface area (Å²) in [4.78, 5) is 38.3. The van der Waals surface area contributed by atoms with Crippen molar-refractivity contribution in [3.05, 3.63) is 34.4 Å². The Kier molecular flexibility index (Phi) is 4.55. The number of carbonyl (C=O) groups is 3. The Hall–Kier alpha value is -2.37. The van der Waals surface area contributed by atoms with E-state index in [1.165, 1.54) is 0 Å². The van der Waals surface area contributed by atoms with Crippen LogP contribution in [0.4, 0.5) is 0 Å². The number of carbonyl (C=O) groups excluding carboxylic acids is 3. The summed E-state index contributed by atoms with van der Waals surface area (Å²) in [5.74, 6) is -0.913. The Morgan fingerprint density at radius 1 is 1.08 bits per heavy atom. The van der Waals surface area contributed by atoms with Crippen LogP contribution in [-0.2, 0) is 27.2 Å². The van der Waals surface area contributed by atoms with E-state index in [0.29, 0.717) is 19.4 Å². The largest absolute Gasteiger partial charge is 0.462 e. The van der Waals surface area contributed by atoms with Crippen molar-refractivity contribution in [2.45, 2.75) is 45.7 Å². The highest BCUT2D eigenvalue weighted by Crippen LogP contribution is 2.33. The second-order valence-electron chi connectivity index (χ2n) is 6.03. The summed E-state index contributed by atoms with van der Waals surface area (Å²) in [5.41, 5.74) is 2.35. The molecular weight excluding hydrogens is 310 g/mol. The quantitative estimate of drug-likeness (QED) is 0.790. The van der Waals surface area contributed by atoms with Gasteiger partial charge in [-0.25, -0.2) is 9.59 Å². The van der Waals surface area contributed by atoms with Gasteiger partial charge in [-0.05, 0) is 49.9 Å². The zero-order valence-corrected chi connectivity index (χ0v) is 14.0. The lowest BCUT2D eigenvalue weighted by atomic mass is 9.90. The third kappa shape index (κ3) is 2.88. The molecule has 6 heteroatoms. The average molecular weight is 331 g/mol. The second-order valence-corrected chi connectivity index (χ2v) is 6.03. The van der Waals surface area contributed by atoms with Crippen LogP contribution in [-0.4, -0.2) is 42.0 Å². The van der Waals surface area contributed by atoms with Crippen LogP contribution in [0.5, 0.6) is 0 Å². The van der Waals surface area contributed by atoms with E-state index in [-0.39, 0.29) is 36.3 Å². The third-order valence-electron chi connectivity index (χ3n) is 4.58. The molecule has 128 valence electrons. The number of esters is 2. The molecule has 2 heterocycles. The molecule has 2 aliphatic heterocycles. The van der Waals surface area contributed by atoms with Crippen molar-refractivity contribution in [3.63, 3.8) is 0 Å². The standard InChI is InChI=1S/C18H21NO5/c1-3-23-17(21)14-8-11-7-13-5-6-16(20)19(13)10-12(11)9-15(14)18(22)24-4-2/h8-9,13H,3-7,10H2,1-2H3. The topological polar surface area (TPSA) is 72.9 Å². The minimum Gasteiger partial charge on any atom is -0.462 e. The molecule has 1 atom stereocenters. The predicted molar refractivity (Wildman–Crippen MR) is 85.6 cm³/mol. The van der Waals surface area contributed by atoms with Crippen molar-refractivity contribution in [1.82, 2.24) is 4.90 Å². The molecule has 6 nitrogen and oxygen atoms in total. The highest BCUT2D eigenvalue weighted by Gasteiger charge is 2.36. The van der Waals surface area contributed by atoms with Crippen LogP contribution in [0.25, 0.3) is 0 Å². The van der Waals surface area contributed by atoms with Gasteiger partial charge in [-0.2, -0.15) is 0 Å². The fraction of sp³-hybridized carbons (Fsp3) is 0.500. The fourth-order valence-electron chi connectivity index (χ4n) is 3.44. The summed E-state index contributed by atoms with van der Waals surface area (Å²) in [6.07, 6.45) is 2.11. The summed E-state index contributed by atoms with van der Waals surface area (Å²) >= 11 is 0. The van der Waals surface area contributed by atoms with E-state index in [1.54, 1.807) is 26.0 Å². The predicted octanol–water partition coefficient (Wildman–Crippen LogP) is 2.09. The molecule has 0 bridgehead atoms. The Labute approximate surface area is 140 Å². The zero-order valence-electron chi connectivity index (χ0n) is 14.0. The van der Waals surface area contributed by atoms with E-state index in [4.69, 9.17) is 9.47 Å². The highest BCUT2D eigenvalue weighted by atomic mass is 16.5. The molecule has 3 rings (SSSR count). The molecule has 2 aliphatic rings. The number of benzene rings is 1. The van der Waals surface area contributed by atoms with Gasteiger partial charge in [-0.15, -0.1) is 0 Å². The second kappa shape index (κ2) is 6.63. The van der Waals surface area contributed by atoms with Gasteiger partial charge in [0.15, 0.2) is 0 Å². The van der Waals surface area contributed by atoms with Crippen molar-refractivity contribution in [3.8, 4) is 0 Å². The zero-order chi connectivity index (χ0) is 17.3. The Bertz CT molecular complexity index is 697. The van der Waals surface area contributed by atoms with E-state index in [1.807, 2.05) is 4.90 Å². The van der Waals surface area contributed by atoms with Crippen LogP contribution >= 0.6 is 0 Å². The Balaban J connectivity index is 2.02. The first-order valence-electron chi connectivity index (χ1n) is 8.34. The lowest BCUT2D eigenvalue weighted by Gasteiger charge is -2.32. The van der Waals surface area contributed by atoms with Gasteiger partial charge in [0.2, 0.25) is 5.91 Å². The molecule has 0 spiro atoms. The summed E-state index contributed by atoms with van der Waals surface area (Å²) in [6, 6.07) is 3.61. The lowest BCUT2D eigenvalue weighted by Crippen LogP contribution is -2.38. The molecule has 1 unspecified atom stereocenters. The van der Waals surface area contributed by atoms with Gasteiger partial charge in [-0.1, -0.05) is 0 Å². The summed E-state index contributed by atoms with van der Waals surface area (Å²) in [6.45, 7) is 4.39. The monoisotopic (exact) mass is 331 g/mol. The molecule has 0 aliphatic carbocycles. The van der Waals surface area contributed by atoms with Gasteiger partial charge in [0.1, 0.15) is 0 Å². The van der Waals surface area contributed by atoms with E-state index < -0.39 is 11.9 Å². The molecule has 1 aromatic rings. The number of hydrogen-bond donors (Lipinski definition) is 0. The minimum absolute atomic E-state index is 0.151. The molecular formula is C18H21NO5. The van der Waals surface area contributed by atoms with E-state index in [2.05, 4.69) is 0 Å². The Morgan fingerprint density at radius 3 is 2.25 bits per heavy atom. The number of amides is 1. The highest BCUT2D eigenvalue weighted by molar-refractivity contribution is 6.03. The van der Waals surface area contributed by atoms with Crippen molar-refractivity contribution < 1.29 is 23.9 Å². The van der Waals surface area contributed by atoms with Crippen molar-refractivity contribution >= 4 is 17.8 Å². The van der Waals surface area contributed by atoms with Gasteiger partial charge in [0, 0.05) is 19.0 Å². The smallest absolute Gasteiger partial charge is 0.339 e. The fourth-order valence-corrected chi connectivity index (χ4v) is 3.44. The first-order valence-corrected chi connectivity index (χ1v) is 8.34. The Morgan fingerprint density at radius 2 is 1.67 bits per heavy atom. The van der Waals surface area contributed by atoms with Gasteiger partial charge in [-0.3, -0.25) is 4.79 Å². The molecule has 1 fully saturated rings. The molecule has 0 N–H and O–H groups in total. The first kappa shape index (κ1) is 16.5. The van der Waals surface area contributed by atoms with Crippen molar-refractivity contribution in [2.24, 2.45) is 0 Å². The van der Waals surface area contributed by atoms with E-state index in [0.717, 1.165) is 17.5 Å². The molecule has 0 radical (unpaired) electrons.